The van der Waals surface area contributed by atoms with Crippen LogP contribution in [0.5, 0.6) is 5.88 Å². The zero-order valence-corrected chi connectivity index (χ0v) is 17.9. The molecule has 1 unspecified atom stereocenters. The van der Waals surface area contributed by atoms with Crippen LogP contribution in [-0.4, -0.2) is 40.0 Å². The number of piperidine rings is 1. The lowest BCUT2D eigenvalue weighted by atomic mass is 9.77. The number of nitrogens with zero attached hydrogens (tertiary/aromatic N) is 3. The quantitative estimate of drug-likeness (QED) is 0.733. The Morgan fingerprint density at radius 1 is 1.14 bits per heavy atom. The molecule has 2 fully saturated rings. The number of hydrogen-bond donors (Lipinski definition) is 0. The summed E-state index contributed by atoms with van der Waals surface area (Å²) in [6, 6.07) is 9.70. The van der Waals surface area contributed by atoms with Crippen LogP contribution < -0.4 is 4.74 Å². The summed E-state index contributed by atoms with van der Waals surface area (Å²) in [6.45, 7) is 5.20. The zero-order valence-electron chi connectivity index (χ0n) is 17.2. The van der Waals surface area contributed by atoms with Crippen molar-refractivity contribution in [1.29, 1.82) is 0 Å². The van der Waals surface area contributed by atoms with Crippen LogP contribution in [0.2, 0.25) is 5.02 Å². The summed E-state index contributed by atoms with van der Waals surface area (Å²) in [4.78, 5) is 24.4. The van der Waals surface area contributed by atoms with E-state index in [1.54, 1.807) is 0 Å². The largest absolute Gasteiger partial charge is 0.472 e. The highest BCUT2D eigenvalue weighted by molar-refractivity contribution is 6.30. The first-order valence-electron chi connectivity index (χ1n) is 10.5. The maximum Gasteiger partial charge on any atom is 0.233 e. The molecule has 4 rings (SSSR count). The first kappa shape index (κ1) is 20.1. The second-order valence-corrected chi connectivity index (χ2v) is 8.76. The van der Waals surface area contributed by atoms with Gasteiger partial charge in [-0.2, -0.15) is 4.98 Å². The number of carbonyl (C=O) groups is 1. The van der Waals surface area contributed by atoms with Crippen LogP contribution in [0.3, 0.4) is 0 Å². The number of ether oxygens (including phenoxy) is 1. The van der Waals surface area contributed by atoms with Gasteiger partial charge in [-0.1, -0.05) is 36.6 Å². The first-order chi connectivity index (χ1) is 14.0. The molecule has 1 aromatic heterocycles. The SMILES string of the molecule is Cc1cc(OC2CCCN(C(=O)C3(c4ccc(Cl)cc4)CCCC3)C2)nc(C)n1. The summed E-state index contributed by atoms with van der Waals surface area (Å²) in [5.41, 5.74) is 1.56. The predicted octanol–water partition coefficient (Wildman–Crippen LogP) is 4.63. The molecular formula is C23H28ClN3O2. The Kier molecular flexibility index (Phi) is 5.77. The molecule has 1 saturated carbocycles. The lowest BCUT2D eigenvalue weighted by Gasteiger charge is -2.39. The molecule has 2 aromatic rings. The van der Waals surface area contributed by atoms with Crippen molar-refractivity contribution >= 4 is 17.5 Å². The number of halogens is 1. The number of aromatic nitrogens is 2. The molecule has 1 atom stereocenters. The van der Waals surface area contributed by atoms with E-state index in [0.29, 0.717) is 23.3 Å². The summed E-state index contributed by atoms with van der Waals surface area (Å²) in [7, 11) is 0. The third kappa shape index (κ3) is 4.25. The molecule has 0 spiro atoms. The van der Waals surface area contributed by atoms with E-state index in [4.69, 9.17) is 16.3 Å². The highest BCUT2D eigenvalue weighted by atomic mass is 35.5. The Morgan fingerprint density at radius 2 is 1.86 bits per heavy atom. The standard InChI is InChI=1S/C23H28ClN3O2/c1-16-14-21(26-17(2)25-16)29-20-6-5-13-27(15-20)22(28)23(11-3-4-12-23)18-7-9-19(24)10-8-18/h7-10,14,20H,3-6,11-13,15H2,1-2H3. The van der Waals surface area contributed by atoms with Crippen molar-refractivity contribution in [2.24, 2.45) is 0 Å². The fraction of sp³-hybridized carbons (Fsp3) is 0.522. The molecule has 6 heteroatoms. The summed E-state index contributed by atoms with van der Waals surface area (Å²) in [6.07, 6.45) is 5.81. The number of likely N-dealkylation sites (tertiary alicyclic amines) is 1. The molecule has 5 nitrogen and oxygen atoms in total. The van der Waals surface area contributed by atoms with Gasteiger partial charge in [-0.25, -0.2) is 4.98 Å². The minimum atomic E-state index is -0.422. The van der Waals surface area contributed by atoms with Gasteiger partial charge in [-0.3, -0.25) is 4.79 Å². The average Bonchev–Trinajstić information content (AvgIpc) is 3.18. The van der Waals surface area contributed by atoms with Crippen LogP contribution in [-0.2, 0) is 10.2 Å². The van der Waals surface area contributed by atoms with E-state index in [1.165, 1.54) is 0 Å². The van der Waals surface area contributed by atoms with E-state index in [0.717, 1.165) is 56.3 Å². The Hall–Kier alpha value is -2.14. The number of benzene rings is 1. The second kappa shape index (κ2) is 8.31. The van der Waals surface area contributed by atoms with E-state index in [-0.39, 0.29) is 12.0 Å². The van der Waals surface area contributed by atoms with Crippen LogP contribution in [0.1, 0.15) is 55.6 Å². The van der Waals surface area contributed by atoms with Crippen molar-refractivity contribution in [3.8, 4) is 5.88 Å². The van der Waals surface area contributed by atoms with E-state index in [1.807, 2.05) is 49.1 Å². The molecule has 1 aromatic carbocycles. The summed E-state index contributed by atoms with van der Waals surface area (Å²) >= 11 is 6.09. The molecule has 1 amide bonds. The number of carbonyl (C=O) groups excluding carboxylic acids is 1. The second-order valence-electron chi connectivity index (χ2n) is 8.32. The summed E-state index contributed by atoms with van der Waals surface area (Å²) < 4.78 is 6.15. The van der Waals surface area contributed by atoms with Gasteiger partial charge in [0.25, 0.3) is 0 Å². The van der Waals surface area contributed by atoms with E-state index < -0.39 is 5.41 Å². The topological polar surface area (TPSA) is 55.3 Å². The van der Waals surface area contributed by atoms with E-state index in [2.05, 4.69) is 9.97 Å². The molecular weight excluding hydrogens is 386 g/mol. The highest BCUT2D eigenvalue weighted by Gasteiger charge is 2.45. The van der Waals surface area contributed by atoms with Gasteiger partial charge in [0.05, 0.1) is 12.0 Å². The molecule has 154 valence electrons. The molecule has 0 radical (unpaired) electrons. The third-order valence-corrected chi connectivity index (χ3v) is 6.41. The normalized spacial score (nSPS) is 21.2. The van der Waals surface area contributed by atoms with Gasteiger partial charge in [-0.05, 0) is 57.2 Å². The number of hydrogen-bond acceptors (Lipinski definition) is 4. The van der Waals surface area contributed by atoms with Gasteiger partial charge in [0.15, 0.2) is 0 Å². The van der Waals surface area contributed by atoms with Crippen molar-refractivity contribution in [2.75, 3.05) is 13.1 Å². The Morgan fingerprint density at radius 3 is 2.55 bits per heavy atom. The van der Waals surface area contributed by atoms with Crippen molar-refractivity contribution in [2.45, 2.75) is 63.9 Å². The van der Waals surface area contributed by atoms with Gasteiger partial charge >= 0.3 is 0 Å². The van der Waals surface area contributed by atoms with Crippen molar-refractivity contribution in [3.05, 3.63) is 52.4 Å². The molecule has 2 heterocycles. The van der Waals surface area contributed by atoms with Crippen molar-refractivity contribution < 1.29 is 9.53 Å². The monoisotopic (exact) mass is 413 g/mol. The Bertz CT molecular complexity index is 858. The minimum Gasteiger partial charge on any atom is -0.472 e. The van der Waals surface area contributed by atoms with Gasteiger partial charge in [0, 0.05) is 23.3 Å². The fourth-order valence-electron chi connectivity index (χ4n) is 4.81. The molecule has 1 aliphatic heterocycles. The van der Waals surface area contributed by atoms with Gasteiger partial charge < -0.3 is 9.64 Å². The van der Waals surface area contributed by atoms with E-state index in [9.17, 15) is 4.79 Å². The maximum absolute atomic E-state index is 13.7. The van der Waals surface area contributed by atoms with Gasteiger partial charge in [-0.15, -0.1) is 0 Å². The van der Waals surface area contributed by atoms with Gasteiger partial charge in [0.1, 0.15) is 11.9 Å². The van der Waals surface area contributed by atoms with E-state index >= 15 is 0 Å². The molecule has 1 saturated heterocycles. The van der Waals surface area contributed by atoms with Crippen LogP contribution in [0.15, 0.2) is 30.3 Å². The number of rotatable bonds is 4. The van der Waals surface area contributed by atoms with Crippen LogP contribution >= 0.6 is 11.6 Å². The molecule has 0 N–H and O–H groups in total. The number of amides is 1. The molecule has 0 bridgehead atoms. The molecule has 2 aliphatic rings. The Labute approximate surface area is 177 Å². The van der Waals surface area contributed by atoms with Crippen molar-refractivity contribution in [1.82, 2.24) is 14.9 Å². The first-order valence-corrected chi connectivity index (χ1v) is 10.9. The summed E-state index contributed by atoms with van der Waals surface area (Å²) in [5.74, 6) is 1.54. The summed E-state index contributed by atoms with van der Waals surface area (Å²) in [5, 5.41) is 0.705. The minimum absolute atomic E-state index is 0.0370. The van der Waals surface area contributed by atoms with Crippen LogP contribution in [0.25, 0.3) is 0 Å². The number of aryl methyl sites for hydroxylation is 2. The average molecular weight is 414 g/mol. The highest BCUT2D eigenvalue weighted by Crippen LogP contribution is 2.43. The van der Waals surface area contributed by atoms with Crippen LogP contribution in [0.4, 0.5) is 0 Å². The molecule has 1 aliphatic carbocycles. The third-order valence-electron chi connectivity index (χ3n) is 6.16. The Balaban J connectivity index is 1.52. The smallest absolute Gasteiger partial charge is 0.233 e. The lowest BCUT2D eigenvalue weighted by molar-refractivity contribution is -0.140. The lowest BCUT2D eigenvalue weighted by Crippen LogP contribution is -2.51. The molecule has 29 heavy (non-hydrogen) atoms. The predicted molar refractivity (Wildman–Crippen MR) is 113 cm³/mol. The maximum atomic E-state index is 13.7. The zero-order chi connectivity index (χ0) is 20.4. The van der Waals surface area contributed by atoms with Crippen molar-refractivity contribution in [3.63, 3.8) is 0 Å². The van der Waals surface area contributed by atoms with Crippen LogP contribution in [0, 0.1) is 13.8 Å². The fourth-order valence-corrected chi connectivity index (χ4v) is 4.94. The van der Waals surface area contributed by atoms with Gasteiger partial charge in [0.2, 0.25) is 11.8 Å².